The molecule has 1 aromatic rings. The maximum Gasteiger partial charge on any atom is 0.148 e. The zero-order valence-electron chi connectivity index (χ0n) is 8.86. The van der Waals surface area contributed by atoms with Gasteiger partial charge in [0.05, 0.1) is 6.61 Å². The Balaban J connectivity index is 2.50. The molecule has 1 unspecified atom stereocenters. The van der Waals surface area contributed by atoms with E-state index < -0.39 is 5.60 Å². The maximum absolute atomic E-state index is 9.05. The summed E-state index contributed by atoms with van der Waals surface area (Å²) < 4.78 is 10.8. The summed E-state index contributed by atoms with van der Waals surface area (Å²) in [6.45, 7) is 1.07. The Morgan fingerprint density at radius 2 is 2.44 bits per heavy atom. The number of hydrogen-bond donors (Lipinski definition) is 0. The number of hydrogen-bond acceptors (Lipinski definition) is 4. The van der Waals surface area contributed by atoms with Gasteiger partial charge in [0, 0.05) is 25.7 Å². The van der Waals surface area contributed by atoms with Gasteiger partial charge in [-0.25, -0.2) is 4.98 Å². The molecule has 5 heteroatoms. The molecule has 1 aliphatic heterocycles. The van der Waals surface area contributed by atoms with E-state index in [1.54, 1.807) is 19.2 Å². The largest absolute Gasteiger partial charge is 0.378 e. The molecule has 84 valence electrons. The van der Waals surface area contributed by atoms with Crippen LogP contribution in [0.4, 0.5) is 0 Å². The Labute approximate surface area is 98.8 Å². The molecule has 0 radical (unpaired) electrons. The van der Waals surface area contributed by atoms with Crippen molar-refractivity contribution in [2.24, 2.45) is 0 Å². The first-order valence-electron chi connectivity index (χ1n) is 4.92. The van der Waals surface area contributed by atoms with Gasteiger partial charge in [-0.2, -0.15) is 5.26 Å². The topological polar surface area (TPSA) is 55.1 Å². The van der Waals surface area contributed by atoms with Gasteiger partial charge in [-0.05, 0) is 6.07 Å². The molecule has 0 aromatic carbocycles. The lowest BCUT2D eigenvalue weighted by molar-refractivity contribution is -0.0217. The second-order valence-corrected chi connectivity index (χ2v) is 4.03. The highest BCUT2D eigenvalue weighted by molar-refractivity contribution is 6.29. The summed E-state index contributed by atoms with van der Waals surface area (Å²) >= 11 is 5.76. The summed E-state index contributed by atoms with van der Waals surface area (Å²) in [6.07, 6.45) is 0.724. The number of nitriles is 1. The number of aromatic nitrogens is 1. The summed E-state index contributed by atoms with van der Waals surface area (Å²) in [5.41, 5.74) is 0.502. The first-order valence-corrected chi connectivity index (χ1v) is 5.30. The van der Waals surface area contributed by atoms with E-state index in [9.17, 15) is 0 Å². The molecular weight excluding hydrogens is 228 g/mol. The SMILES string of the molecule is COC1(c2ccc(Cl)nc2C#N)CCOC1. The molecule has 1 aliphatic rings. The first-order chi connectivity index (χ1) is 7.72. The predicted octanol–water partition coefficient (Wildman–Crippen LogP) is 1.87. The Morgan fingerprint density at radius 1 is 1.62 bits per heavy atom. The second-order valence-electron chi connectivity index (χ2n) is 3.64. The van der Waals surface area contributed by atoms with Crippen molar-refractivity contribution in [2.45, 2.75) is 12.0 Å². The van der Waals surface area contributed by atoms with E-state index >= 15 is 0 Å². The highest BCUT2D eigenvalue weighted by atomic mass is 35.5. The van der Waals surface area contributed by atoms with Crippen LogP contribution in [-0.4, -0.2) is 25.3 Å². The van der Waals surface area contributed by atoms with E-state index in [1.807, 2.05) is 6.07 Å². The van der Waals surface area contributed by atoms with Gasteiger partial charge in [-0.15, -0.1) is 0 Å². The van der Waals surface area contributed by atoms with Gasteiger partial charge in [0.15, 0.2) is 0 Å². The van der Waals surface area contributed by atoms with E-state index in [1.165, 1.54) is 0 Å². The molecule has 0 saturated carbocycles. The van der Waals surface area contributed by atoms with Crippen molar-refractivity contribution in [3.8, 4) is 6.07 Å². The number of rotatable bonds is 2. The number of halogens is 1. The molecule has 0 spiro atoms. The van der Waals surface area contributed by atoms with Crippen molar-refractivity contribution in [1.29, 1.82) is 5.26 Å². The fraction of sp³-hybridized carbons (Fsp3) is 0.455. The van der Waals surface area contributed by atoms with Gasteiger partial charge >= 0.3 is 0 Å². The third-order valence-electron chi connectivity index (χ3n) is 2.83. The molecule has 0 bridgehead atoms. The van der Waals surface area contributed by atoms with Crippen molar-refractivity contribution < 1.29 is 9.47 Å². The Morgan fingerprint density at radius 3 is 3.00 bits per heavy atom. The van der Waals surface area contributed by atoms with Crippen LogP contribution in [0.3, 0.4) is 0 Å². The van der Waals surface area contributed by atoms with Crippen molar-refractivity contribution in [2.75, 3.05) is 20.3 Å². The van der Waals surface area contributed by atoms with Crippen LogP contribution in [0.5, 0.6) is 0 Å². The van der Waals surface area contributed by atoms with E-state index in [0.717, 1.165) is 12.0 Å². The minimum absolute atomic E-state index is 0.305. The number of ether oxygens (including phenoxy) is 2. The zero-order chi connectivity index (χ0) is 11.6. The summed E-state index contributed by atoms with van der Waals surface area (Å²) in [7, 11) is 1.62. The molecule has 2 rings (SSSR count). The maximum atomic E-state index is 9.05. The lowest BCUT2D eigenvalue weighted by atomic mass is 9.91. The van der Waals surface area contributed by atoms with Crippen LogP contribution in [0, 0.1) is 11.3 Å². The molecule has 16 heavy (non-hydrogen) atoms. The van der Waals surface area contributed by atoms with Gasteiger partial charge in [0.2, 0.25) is 0 Å². The molecule has 1 fully saturated rings. The van der Waals surface area contributed by atoms with Crippen LogP contribution in [0.1, 0.15) is 17.7 Å². The molecule has 0 aliphatic carbocycles. The van der Waals surface area contributed by atoms with E-state index in [0.29, 0.717) is 24.1 Å². The Bertz CT molecular complexity index is 436. The molecule has 0 amide bonds. The molecule has 4 nitrogen and oxygen atoms in total. The van der Waals surface area contributed by atoms with Crippen molar-refractivity contribution in [3.63, 3.8) is 0 Å². The van der Waals surface area contributed by atoms with Crippen LogP contribution >= 0.6 is 11.6 Å². The Hall–Kier alpha value is -1.15. The summed E-state index contributed by atoms with van der Waals surface area (Å²) in [5, 5.41) is 9.36. The monoisotopic (exact) mass is 238 g/mol. The molecule has 0 N–H and O–H groups in total. The summed E-state index contributed by atoms with van der Waals surface area (Å²) in [5.74, 6) is 0. The van der Waals surface area contributed by atoms with E-state index in [2.05, 4.69) is 4.98 Å². The fourth-order valence-electron chi connectivity index (χ4n) is 1.92. The van der Waals surface area contributed by atoms with Crippen molar-refractivity contribution in [3.05, 3.63) is 28.5 Å². The average Bonchev–Trinajstić information content (AvgIpc) is 2.78. The van der Waals surface area contributed by atoms with Gasteiger partial charge in [-0.3, -0.25) is 0 Å². The normalized spacial score (nSPS) is 24.3. The Kier molecular flexibility index (Phi) is 3.10. The standard InChI is InChI=1S/C11H11ClN2O2/c1-15-11(4-5-16-7-11)8-2-3-10(12)14-9(8)6-13/h2-3H,4-5,7H2,1H3. The van der Waals surface area contributed by atoms with E-state index in [-0.39, 0.29) is 0 Å². The number of pyridine rings is 1. The quantitative estimate of drug-likeness (QED) is 0.738. The number of methoxy groups -OCH3 is 1. The van der Waals surface area contributed by atoms with Crippen LogP contribution < -0.4 is 0 Å². The van der Waals surface area contributed by atoms with Crippen LogP contribution in [0.15, 0.2) is 12.1 Å². The number of nitrogens with zero attached hydrogens (tertiary/aromatic N) is 2. The molecule has 1 saturated heterocycles. The van der Waals surface area contributed by atoms with Crippen LogP contribution in [0.25, 0.3) is 0 Å². The smallest absolute Gasteiger partial charge is 0.148 e. The molecule has 2 heterocycles. The first kappa shape index (κ1) is 11.3. The minimum Gasteiger partial charge on any atom is -0.378 e. The van der Waals surface area contributed by atoms with Crippen LogP contribution in [0.2, 0.25) is 5.15 Å². The zero-order valence-corrected chi connectivity index (χ0v) is 9.62. The lowest BCUT2D eigenvalue weighted by Crippen LogP contribution is -2.30. The second kappa shape index (κ2) is 4.38. The summed E-state index contributed by atoms with van der Waals surface area (Å²) in [6, 6.07) is 5.49. The van der Waals surface area contributed by atoms with Gasteiger partial charge < -0.3 is 9.47 Å². The fourth-order valence-corrected chi connectivity index (χ4v) is 2.07. The highest BCUT2D eigenvalue weighted by Gasteiger charge is 2.39. The average molecular weight is 239 g/mol. The molecule has 1 atom stereocenters. The van der Waals surface area contributed by atoms with E-state index in [4.69, 9.17) is 26.3 Å². The highest BCUT2D eigenvalue weighted by Crippen LogP contribution is 2.35. The van der Waals surface area contributed by atoms with Crippen LogP contribution in [-0.2, 0) is 15.1 Å². The summed E-state index contributed by atoms with van der Waals surface area (Å²) in [4.78, 5) is 4.00. The molecular formula is C11H11ClN2O2. The van der Waals surface area contributed by atoms with Gasteiger partial charge in [0.25, 0.3) is 0 Å². The molecule has 1 aromatic heterocycles. The lowest BCUT2D eigenvalue weighted by Gasteiger charge is -2.26. The predicted molar refractivity (Wildman–Crippen MR) is 58.1 cm³/mol. The third kappa shape index (κ3) is 1.78. The van der Waals surface area contributed by atoms with Gasteiger partial charge in [0.1, 0.15) is 22.5 Å². The minimum atomic E-state index is -0.553. The third-order valence-corrected chi connectivity index (χ3v) is 3.04. The van der Waals surface area contributed by atoms with Crippen molar-refractivity contribution in [1.82, 2.24) is 4.98 Å². The van der Waals surface area contributed by atoms with Gasteiger partial charge in [-0.1, -0.05) is 17.7 Å². The van der Waals surface area contributed by atoms with Crippen molar-refractivity contribution >= 4 is 11.6 Å².